The average molecular weight is 275 g/mol. The zero-order valence-corrected chi connectivity index (χ0v) is 11.5. The minimum atomic E-state index is -1.05. The Morgan fingerprint density at radius 2 is 1.95 bits per heavy atom. The van der Waals surface area contributed by atoms with Gasteiger partial charge in [0.2, 0.25) is 0 Å². The zero-order chi connectivity index (χ0) is 14.5. The monoisotopic (exact) mass is 275 g/mol. The van der Waals surface area contributed by atoms with Crippen LogP contribution in [-0.4, -0.2) is 28.6 Å². The number of rotatable bonds is 3. The van der Waals surface area contributed by atoms with E-state index >= 15 is 0 Å². The number of benzene rings is 1. The Morgan fingerprint density at radius 1 is 1.30 bits per heavy atom. The second kappa shape index (κ2) is 4.23. The van der Waals surface area contributed by atoms with E-state index in [9.17, 15) is 9.59 Å². The van der Waals surface area contributed by atoms with Gasteiger partial charge < -0.3 is 15.2 Å². The molecule has 1 aromatic rings. The molecule has 0 bridgehead atoms. The van der Waals surface area contributed by atoms with Crippen LogP contribution in [0.15, 0.2) is 12.1 Å². The molecule has 1 amide bonds. The third kappa shape index (κ3) is 2.03. The van der Waals surface area contributed by atoms with Crippen LogP contribution in [0.2, 0.25) is 0 Å². The summed E-state index contributed by atoms with van der Waals surface area (Å²) in [4.78, 5) is 23.2. The number of hydrogen-bond acceptors (Lipinski definition) is 3. The molecule has 2 N–H and O–H groups in total. The van der Waals surface area contributed by atoms with Crippen molar-refractivity contribution in [3.63, 3.8) is 0 Å². The van der Waals surface area contributed by atoms with Gasteiger partial charge in [0.1, 0.15) is 11.3 Å². The molecular weight excluding hydrogens is 258 g/mol. The average Bonchev–Trinajstić information content (AvgIpc) is 3.05. The Balaban J connectivity index is 1.72. The van der Waals surface area contributed by atoms with Crippen molar-refractivity contribution in [2.24, 2.45) is 0 Å². The van der Waals surface area contributed by atoms with Crippen LogP contribution >= 0.6 is 0 Å². The lowest BCUT2D eigenvalue weighted by Gasteiger charge is -2.16. The van der Waals surface area contributed by atoms with Crippen molar-refractivity contribution < 1.29 is 19.4 Å². The first kappa shape index (κ1) is 13.0. The Kier molecular flexibility index (Phi) is 2.74. The SMILES string of the molecule is Cc1cc2c(cc1C)OC(C(=O)NC1(C(=O)O)CC1)C2. The van der Waals surface area contributed by atoms with Gasteiger partial charge in [-0.25, -0.2) is 4.79 Å². The topological polar surface area (TPSA) is 75.6 Å². The largest absolute Gasteiger partial charge is 0.480 e. The fourth-order valence-electron chi connectivity index (χ4n) is 2.49. The number of ether oxygens (including phenoxy) is 1. The van der Waals surface area contributed by atoms with Crippen LogP contribution in [0.3, 0.4) is 0 Å². The first-order chi connectivity index (χ1) is 9.41. The molecule has 106 valence electrons. The minimum absolute atomic E-state index is 0.337. The molecule has 1 aliphatic carbocycles. The van der Waals surface area contributed by atoms with Crippen LogP contribution < -0.4 is 10.1 Å². The molecule has 1 aromatic carbocycles. The molecule has 1 aliphatic heterocycles. The third-order valence-corrected chi connectivity index (χ3v) is 4.17. The van der Waals surface area contributed by atoms with Crippen molar-refractivity contribution in [3.8, 4) is 5.75 Å². The maximum absolute atomic E-state index is 12.1. The molecule has 0 saturated heterocycles. The van der Waals surface area contributed by atoms with Crippen molar-refractivity contribution in [2.45, 2.75) is 44.8 Å². The molecule has 1 atom stereocenters. The van der Waals surface area contributed by atoms with Gasteiger partial charge >= 0.3 is 5.97 Å². The lowest BCUT2D eigenvalue weighted by atomic mass is 10.0. The van der Waals surface area contributed by atoms with Crippen molar-refractivity contribution in [3.05, 3.63) is 28.8 Å². The maximum Gasteiger partial charge on any atom is 0.329 e. The standard InChI is InChI=1S/C15H17NO4/c1-8-5-10-7-12(20-11(10)6-9(8)2)13(17)16-15(3-4-15)14(18)19/h5-6,12H,3-4,7H2,1-2H3,(H,16,17)(H,18,19). The Morgan fingerprint density at radius 3 is 2.55 bits per heavy atom. The summed E-state index contributed by atoms with van der Waals surface area (Å²) < 4.78 is 5.65. The lowest BCUT2D eigenvalue weighted by Crippen LogP contribution is -2.48. The highest BCUT2D eigenvalue weighted by atomic mass is 16.5. The van der Waals surface area contributed by atoms with E-state index in [-0.39, 0.29) is 5.91 Å². The van der Waals surface area contributed by atoms with Crippen LogP contribution in [0.25, 0.3) is 0 Å². The molecule has 0 aromatic heterocycles. The fourth-order valence-corrected chi connectivity index (χ4v) is 2.49. The molecule has 3 rings (SSSR count). The fraction of sp³-hybridized carbons (Fsp3) is 0.467. The van der Waals surface area contributed by atoms with E-state index in [1.54, 1.807) is 0 Å². The molecule has 1 saturated carbocycles. The number of carboxylic acid groups (broad SMARTS) is 1. The van der Waals surface area contributed by atoms with Crippen LogP contribution in [0, 0.1) is 13.8 Å². The second-order valence-electron chi connectivity index (χ2n) is 5.73. The normalized spacial score (nSPS) is 21.8. The van der Waals surface area contributed by atoms with E-state index in [1.807, 2.05) is 26.0 Å². The third-order valence-electron chi connectivity index (χ3n) is 4.17. The molecule has 1 fully saturated rings. The van der Waals surface area contributed by atoms with E-state index in [1.165, 1.54) is 0 Å². The van der Waals surface area contributed by atoms with Crippen molar-refractivity contribution in [1.82, 2.24) is 5.32 Å². The smallest absolute Gasteiger partial charge is 0.329 e. The number of carbonyl (C=O) groups excluding carboxylic acids is 1. The molecule has 1 unspecified atom stereocenters. The van der Waals surface area contributed by atoms with Gasteiger partial charge in [-0.1, -0.05) is 6.07 Å². The van der Waals surface area contributed by atoms with Crippen LogP contribution in [0.1, 0.15) is 29.5 Å². The summed E-state index contributed by atoms with van der Waals surface area (Å²) in [5, 5.41) is 11.7. The van der Waals surface area contributed by atoms with Gasteiger partial charge in [-0.3, -0.25) is 4.79 Å². The lowest BCUT2D eigenvalue weighted by molar-refractivity contribution is -0.144. The van der Waals surface area contributed by atoms with E-state index < -0.39 is 17.6 Å². The summed E-state index contributed by atoms with van der Waals surface area (Å²) in [5.41, 5.74) is 2.24. The number of aryl methyl sites for hydroxylation is 2. The van der Waals surface area contributed by atoms with Crippen LogP contribution in [0.4, 0.5) is 0 Å². The summed E-state index contributed by atoms with van der Waals surface area (Å²) in [6, 6.07) is 3.96. The van der Waals surface area contributed by atoms with E-state index in [2.05, 4.69) is 5.32 Å². The summed E-state index contributed by atoms with van der Waals surface area (Å²) in [6.45, 7) is 4.02. The molecule has 20 heavy (non-hydrogen) atoms. The highest BCUT2D eigenvalue weighted by Crippen LogP contribution is 2.37. The van der Waals surface area contributed by atoms with Gasteiger partial charge in [-0.05, 0) is 49.4 Å². The summed E-state index contributed by atoms with van der Waals surface area (Å²) in [7, 11) is 0. The first-order valence-corrected chi connectivity index (χ1v) is 6.73. The van der Waals surface area contributed by atoms with Crippen LogP contribution in [0.5, 0.6) is 5.75 Å². The van der Waals surface area contributed by atoms with Crippen LogP contribution in [-0.2, 0) is 16.0 Å². The number of hydrogen-bond donors (Lipinski definition) is 2. The maximum atomic E-state index is 12.1. The van der Waals surface area contributed by atoms with Gasteiger partial charge in [0.25, 0.3) is 5.91 Å². The molecule has 2 aliphatic rings. The highest BCUT2D eigenvalue weighted by Gasteiger charge is 2.52. The molecule has 5 heteroatoms. The number of carbonyl (C=O) groups is 2. The van der Waals surface area contributed by atoms with Gasteiger partial charge in [0.05, 0.1) is 0 Å². The summed E-state index contributed by atoms with van der Waals surface area (Å²) >= 11 is 0. The molecule has 0 radical (unpaired) electrons. The van der Waals surface area contributed by atoms with Crippen molar-refractivity contribution >= 4 is 11.9 Å². The van der Waals surface area contributed by atoms with Gasteiger partial charge in [-0.15, -0.1) is 0 Å². The second-order valence-corrected chi connectivity index (χ2v) is 5.73. The zero-order valence-electron chi connectivity index (χ0n) is 11.5. The first-order valence-electron chi connectivity index (χ1n) is 6.73. The number of amides is 1. The van der Waals surface area contributed by atoms with Crippen molar-refractivity contribution in [1.29, 1.82) is 0 Å². The molecule has 0 spiro atoms. The quantitative estimate of drug-likeness (QED) is 0.873. The van der Waals surface area contributed by atoms with Gasteiger partial charge in [0, 0.05) is 6.42 Å². The Hall–Kier alpha value is -2.04. The summed E-state index contributed by atoms with van der Waals surface area (Å²) in [6.07, 6.45) is 0.860. The Labute approximate surface area is 116 Å². The number of nitrogens with one attached hydrogen (secondary N) is 1. The molecule has 1 heterocycles. The number of aliphatic carboxylic acids is 1. The van der Waals surface area contributed by atoms with E-state index in [4.69, 9.17) is 9.84 Å². The number of carboxylic acids is 1. The summed E-state index contributed by atoms with van der Waals surface area (Å²) in [5.74, 6) is -0.571. The Bertz CT molecular complexity index is 573. The van der Waals surface area contributed by atoms with E-state index in [0.29, 0.717) is 19.3 Å². The molecular formula is C15H17NO4. The van der Waals surface area contributed by atoms with E-state index in [0.717, 1.165) is 22.4 Å². The predicted molar refractivity (Wildman–Crippen MR) is 71.8 cm³/mol. The molecule has 5 nitrogen and oxygen atoms in total. The number of fused-ring (bicyclic) bond motifs is 1. The van der Waals surface area contributed by atoms with Crippen molar-refractivity contribution in [2.75, 3.05) is 0 Å². The minimum Gasteiger partial charge on any atom is -0.480 e. The van der Waals surface area contributed by atoms with Gasteiger partial charge in [-0.2, -0.15) is 0 Å². The highest BCUT2D eigenvalue weighted by molar-refractivity contribution is 5.91. The van der Waals surface area contributed by atoms with Gasteiger partial charge in [0.15, 0.2) is 6.10 Å². The predicted octanol–water partition coefficient (Wildman–Crippen LogP) is 1.34.